The first kappa shape index (κ1) is 12.9. The van der Waals surface area contributed by atoms with Gasteiger partial charge in [-0.3, -0.25) is 0 Å². The van der Waals surface area contributed by atoms with Crippen LogP contribution in [0, 0.1) is 6.92 Å². The normalized spacial score (nSPS) is 27.4. The molecule has 1 aliphatic rings. The van der Waals surface area contributed by atoms with Crippen molar-refractivity contribution in [3.8, 4) is 0 Å². The van der Waals surface area contributed by atoms with Crippen molar-refractivity contribution in [2.75, 3.05) is 0 Å². The second-order valence-electron chi connectivity index (χ2n) is 5.66. The molecular weight excluding hydrogens is 250 g/mol. The second kappa shape index (κ2) is 5.10. The van der Waals surface area contributed by atoms with Gasteiger partial charge in [0, 0.05) is 15.7 Å². The highest BCUT2D eigenvalue weighted by Gasteiger charge is 2.40. The Bertz CT molecular complexity index is 545. The lowest BCUT2D eigenvalue weighted by Crippen LogP contribution is -2.44. The molecule has 0 aliphatic heterocycles. The molecule has 1 aromatic carbocycles. The van der Waals surface area contributed by atoms with Gasteiger partial charge in [-0.1, -0.05) is 43.2 Å². The lowest BCUT2D eigenvalue weighted by Gasteiger charge is -2.41. The maximum atomic E-state index is 6.88. The number of benzene rings is 1. The summed E-state index contributed by atoms with van der Waals surface area (Å²) in [5.74, 6) is 0.459. The Balaban J connectivity index is 2.01. The number of hydrogen-bond acceptors (Lipinski definition) is 2. The third-order valence-electron chi connectivity index (χ3n) is 4.36. The number of hydrogen-bond donors (Lipinski definition) is 1. The smallest absolute Gasteiger partial charge is 0.0573 e. The van der Waals surface area contributed by atoms with Crippen LogP contribution in [0.5, 0.6) is 0 Å². The van der Waals surface area contributed by atoms with Crippen molar-refractivity contribution in [3.63, 3.8) is 0 Å². The Morgan fingerprint density at radius 1 is 1.11 bits per heavy atom. The largest absolute Gasteiger partial charge is 0.320 e. The van der Waals surface area contributed by atoms with Gasteiger partial charge in [0.1, 0.15) is 0 Å². The van der Waals surface area contributed by atoms with Crippen molar-refractivity contribution < 1.29 is 0 Å². The summed E-state index contributed by atoms with van der Waals surface area (Å²) in [6, 6.07) is 15.2. The first-order valence-corrected chi connectivity index (χ1v) is 7.92. The van der Waals surface area contributed by atoms with Gasteiger partial charge >= 0.3 is 0 Å². The van der Waals surface area contributed by atoms with Crippen LogP contribution >= 0.6 is 11.3 Å². The van der Waals surface area contributed by atoms with Crippen molar-refractivity contribution in [1.29, 1.82) is 0 Å². The molecule has 1 saturated carbocycles. The highest BCUT2D eigenvalue weighted by Crippen LogP contribution is 2.47. The highest BCUT2D eigenvalue weighted by atomic mass is 32.1. The number of aryl methyl sites for hydroxylation is 1. The molecule has 1 aromatic heterocycles. The minimum absolute atomic E-state index is 0.168. The minimum atomic E-state index is -0.168. The van der Waals surface area contributed by atoms with E-state index in [0.29, 0.717) is 5.92 Å². The fourth-order valence-corrected chi connectivity index (χ4v) is 4.38. The maximum absolute atomic E-state index is 6.88. The fourth-order valence-electron chi connectivity index (χ4n) is 3.33. The van der Waals surface area contributed by atoms with Crippen LogP contribution in [0.15, 0.2) is 42.5 Å². The Hall–Kier alpha value is -1.12. The summed E-state index contributed by atoms with van der Waals surface area (Å²) in [5, 5.41) is 0. The van der Waals surface area contributed by atoms with E-state index >= 15 is 0 Å². The van der Waals surface area contributed by atoms with Gasteiger partial charge in [-0.15, -0.1) is 11.3 Å². The average molecular weight is 271 g/mol. The van der Waals surface area contributed by atoms with Gasteiger partial charge in [-0.25, -0.2) is 0 Å². The van der Waals surface area contributed by atoms with Crippen molar-refractivity contribution >= 4 is 11.3 Å². The molecule has 1 heterocycles. The van der Waals surface area contributed by atoms with E-state index in [1.165, 1.54) is 34.6 Å². The number of nitrogens with two attached hydrogens (primary N) is 1. The van der Waals surface area contributed by atoms with E-state index in [1.54, 1.807) is 0 Å². The Kier molecular flexibility index (Phi) is 3.46. The molecule has 0 saturated heterocycles. The SMILES string of the molecule is Cc1ccc(C2(N)CCCCC2c2ccccc2)s1. The summed E-state index contributed by atoms with van der Waals surface area (Å²) in [6.07, 6.45) is 4.85. The molecule has 2 unspecified atom stereocenters. The fraction of sp³-hybridized carbons (Fsp3) is 0.412. The lowest BCUT2D eigenvalue weighted by molar-refractivity contribution is 0.259. The van der Waals surface area contributed by atoms with Crippen LogP contribution in [0.3, 0.4) is 0 Å². The van der Waals surface area contributed by atoms with E-state index in [2.05, 4.69) is 49.4 Å². The molecule has 1 aliphatic carbocycles. The van der Waals surface area contributed by atoms with E-state index in [0.717, 1.165) is 6.42 Å². The quantitative estimate of drug-likeness (QED) is 0.851. The summed E-state index contributed by atoms with van der Waals surface area (Å²) in [4.78, 5) is 2.72. The molecule has 0 radical (unpaired) electrons. The lowest BCUT2D eigenvalue weighted by atomic mass is 9.69. The van der Waals surface area contributed by atoms with Crippen LogP contribution in [0.4, 0.5) is 0 Å². The molecule has 2 heteroatoms. The summed E-state index contributed by atoms with van der Waals surface area (Å²) in [7, 11) is 0. The van der Waals surface area contributed by atoms with Crippen LogP contribution in [-0.2, 0) is 5.54 Å². The summed E-state index contributed by atoms with van der Waals surface area (Å²) < 4.78 is 0. The molecule has 100 valence electrons. The van der Waals surface area contributed by atoms with Crippen LogP contribution in [0.25, 0.3) is 0 Å². The molecule has 1 nitrogen and oxygen atoms in total. The van der Waals surface area contributed by atoms with Crippen LogP contribution < -0.4 is 5.73 Å². The van der Waals surface area contributed by atoms with Crippen molar-refractivity contribution in [2.24, 2.45) is 5.73 Å². The van der Waals surface area contributed by atoms with Crippen LogP contribution in [0.1, 0.15) is 46.9 Å². The van der Waals surface area contributed by atoms with E-state index < -0.39 is 0 Å². The Labute approximate surface area is 119 Å². The average Bonchev–Trinajstić information content (AvgIpc) is 2.88. The van der Waals surface area contributed by atoms with Gasteiger partial charge < -0.3 is 5.73 Å². The first-order valence-electron chi connectivity index (χ1n) is 7.11. The Morgan fingerprint density at radius 3 is 2.58 bits per heavy atom. The van der Waals surface area contributed by atoms with Crippen molar-refractivity contribution in [3.05, 3.63) is 57.8 Å². The highest BCUT2D eigenvalue weighted by molar-refractivity contribution is 7.12. The minimum Gasteiger partial charge on any atom is -0.320 e. The van der Waals surface area contributed by atoms with Crippen molar-refractivity contribution in [1.82, 2.24) is 0 Å². The summed E-state index contributed by atoms with van der Waals surface area (Å²) >= 11 is 1.87. The molecule has 3 rings (SSSR count). The molecular formula is C17H21NS. The van der Waals surface area contributed by atoms with Crippen LogP contribution in [-0.4, -0.2) is 0 Å². The monoisotopic (exact) mass is 271 g/mol. The number of thiophene rings is 1. The molecule has 2 aromatic rings. The third kappa shape index (κ3) is 2.35. The van der Waals surface area contributed by atoms with Gasteiger partial charge in [0.05, 0.1) is 5.54 Å². The topological polar surface area (TPSA) is 26.0 Å². The molecule has 1 fully saturated rings. The van der Waals surface area contributed by atoms with E-state index in [4.69, 9.17) is 5.73 Å². The van der Waals surface area contributed by atoms with E-state index in [1.807, 2.05) is 11.3 Å². The standard InChI is InChI=1S/C17H21NS/c1-13-10-11-16(19-13)17(18)12-6-5-9-15(17)14-7-3-2-4-8-14/h2-4,7-8,10-11,15H,5-6,9,12,18H2,1H3. The molecule has 0 spiro atoms. The van der Waals surface area contributed by atoms with Gasteiger partial charge in [0.25, 0.3) is 0 Å². The maximum Gasteiger partial charge on any atom is 0.0573 e. The zero-order valence-corrected chi connectivity index (χ0v) is 12.2. The third-order valence-corrected chi connectivity index (χ3v) is 5.55. The zero-order valence-electron chi connectivity index (χ0n) is 11.4. The van der Waals surface area contributed by atoms with Gasteiger partial charge in [-0.05, 0) is 37.5 Å². The molecule has 0 bridgehead atoms. The molecule has 19 heavy (non-hydrogen) atoms. The van der Waals surface area contributed by atoms with Gasteiger partial charge in [0.2, 0.25) is 0 Å². The van der Waals surface area contributed by atoms with Crippen molar-refractivity contribution in [2.45, 2.75) is 44.1 Å². The van der Waals surface area contributed by atoms with Gasteiger partial charge in [0.15, 0.2) is 0 Å². The molecule has 2 N–H and O–H groups in total. The zero-order chi connectivity index (χ0) is 13.3. The summed E-state index contributed by atoms with van der Waals surface area (Å²) in [5.41, 5.74) is 8.11. The predicted octanol–water partition coefficient (Wildman–Crippen LogP) is 4.57. The predicted molar refractivity (Wildman–Crippen MR) is 82.6 cm³/mol. The second-order valence-corrected chi connectivity index (χ2v) is 6.95. The van der Waals surface area contributed by atoms with E-state index in [9.17, 15) is 0 Å². The van der Waals surface area contributed by atoms with Gasteiger partial charge in [-0.2, -0.15) is 0 Å². The molecule has 0 amide bonds. The first-order chi connectivity index (χ1) is 9.20. The Morgan fingerprint density at radius 2 is 1.89 bits per heavy atom. The number of rotatable bonds is 2. The van der Waals surface area contributed by atoms with E-state index in [-0.39, 0.29) is 5.54 Å². The van der Waals surface area contributed by atoms with Crippen LogP contribution in [0.2, 0.25) is 0 Å². The molecule has 2 atom stereocenters. The summed E-state index contributed by atoms with van der Waals surface area (Å²) in [6.45, 7) is 2.16.